The fraction of sp³-hybridized carbons (Fsp3) is 0.533. The number of piperidine rings is 1. The largest absolute Gasteiger partial charge is 0.341 e. The highest BCUT2D eigenvalue weighted by Crippen LogP contribution is 2.13. The number of hydrogen-bond acceptors (Lipinski definition) is 2. The van der Waals surface area contributed by atoms with Crippen LogP contribution < -0.4 is 5.73 Å². The number of benzene rings is 1. The average molecular weight is 246 g/mol. The van der Waals surface area contributed by atoms with E-state index >= 15 is 0 Å². The van der Waals surface area contributed by atoms with Crippen molar-refractivity contribution in [2.75, 3.05) is 13.1 Å². The zero-order valence-corrected chi connectivity index (χ0v) is 11.1. The quantitative estimate of drug-likeness (QED) is 0.885. The minimum atomic E-state index is 0.168. The molecule has 1 unspecified atom stereocenters. The van der Waals surface area contributed by atoms with E-state index in [9.17, 15) is 4.79 Å². The number of carbonyl (C=O) groups is 1. The summed E-state index contributed by atoms with van der Waals surface area (Å²) in [5.41, 5.74) is 8.44. The van der Waals surface area contributed by atoms with E-state index in [0.29, 0.717) is 6.42 Å². The zero-order valence-electron chi connectivity index (χ0n) is 11.1. The van der Waals surface area contributed by atoms with Crippen LogP contribution in [0.25, 0.3) is 0 Å². The highest BCUT2D eigenvalue weighted by Gasteiger charge is 2.20. The fourth-order valence-corrected chi connectivity index (χ4v) is 2.53. The van der Waals surface area contributed by atoms with Crippen LogP contribution in [0.15, 0.2) is 24.3 Å². The van der Waals surface area contributed by atoms with Gasteiger partial charge in [0, 0.05) is 25.6 Å². The Balaban J connectivity index is 1.86. The van der Waals surface area contributed by atoms with E-state index in [1.807, 2.05) is 17.0 Å². The van der Waals surface area contributed by atoms with Crippen LogP contribution in [0.2, 0.25) is 0 Å². The molecule has 18 heavy (non-hydrogen) atoms. The molecule has 0 bridgehead atoms. The third-order valence-electron chi connectivity index (χ3n) is 3.68. The molecular formula is C15H22N2O. The van der Waals surface area contributed by atoms with Crippen molar-refractivity contribution < 1.29 is 4.79 Å². The summed E-state index contributed by atoms with van der Waals surface area (Å²) in [6.45, 7) is 3.70. The number of hydrogen-bond donors (Lipinski definition) is 1. The summed E-state index contributed by atoms with van der Waals surface area (Å²) in [5, 5.41) is 0. The molecule has 3 nitrogen and oxygen atoms in total. The summed E-state index contributed by atoms with van der Waals surface area (Å²) < 4.78 is 0. The molecule has 3 heteroatoms. The Labute approximate surface area is 109 Å². The topological polar surface area (TPSA) is 46.3 Å². The molecular weight excluding hydrogens is 224 g/mol. The summed E-state index contributed by atoms with van der Waals surface area (Å²) >= 11 is 0. The molecule has 1 saturated heterocycles. The van der Waals surface area contributed by atoms with Crippen LogP contribution in [-0.4, -0.2) is 29.9 Å². The molecule has 1 aliphatic heterocycles. The SMILES string of the molecule is Cc1ccccc1CCC(=O)N1CCCC(N)C1. The van der Waals surface area contributed by atoms with Crippen LogP contribution in [0.5, 0.6) is 0 Å². The first-order chi connectivity index (χ1) is 8.66. The van der Waals surface area contributed by atoms with Gasteiger partial charge in [-0.1, -0.05) is 24.3 Å². The minimum absolute atomic E-state index is 0.168. The van der Waals surface area contributed by atoms with Crippen molar-refractivity contribution in [2.45, 2.75) is 38.6 Å². The third kappa shape index (κ3) is 3.33. The summed E-state index contributed by atoms with van der Waals surface area (Å²) in [5.74, 6) is 0.244. The van der Waals surface area contributed by atoms with Gasteiger partial charge in [-0.2, -0.15) is 0 Å². The first-order valence-corrected chi connectivity index (χ1v) is 6.74. The molecule has 0 spiro atoms. The minimum Gasteiger partial charge on any atom is -0.341 e. The molecule has 1 aliphatic rings. The molecule has 0 saturated carbocycles. The number of aryl methyl sites for hydroxylation is 2. The third-order valence-corrected chi connectivity index (χ3v) is 3.68. The van der Waals surface area contributed by atoms with Crippen molar-refractivity contribution in [3.05, 3.63) is 35.4 Å². The second kappa shape index (κ2) is 6.01. The van der Waals surface area contributed by atoms with Gasteiger partial charge < -0.3 is 10.6 Å². The lowest BCUT2D eigenvalue weighted by Crippen LogP contribution is -2.45. The molecule has 0 aromatic heterocycles. The number of amides is 1. The lowest BCUT2D eigenvalue weighted by atomic mass is 10.0. The van der Waals surface area contributed by atoms with Gasteiger partial charge in [-0.15, -0.1) is 0 Å². The van der Waals surface area contributed by atoms with Crippen LogP contribution in [0.3, 0.4) is 0 Å². The Hall–Kier alpha value is -1.35. The van der Waals surface area contributed by atoms with Gasteiger partial charge >= 0.3 is 0 Å². The first kappa shape index (κ1) is 13.1. The molecule has 1 aromatic carbocycles. The molecule has 2 rings (SSSR count). The number of rotatable bonds is 3. The van der Waals surface area contributed by atoms with Crippen LogP contribution >= 0.6 is 0 Å². The van der Waals surface area contributed by atoms with Crippen molar-refractivity contribution in [1.82, 2.24) is 4.90 Å². The summed E-state index contributed by atoms with van der Waals surface area (Å²) in [6.07, 6.45) is 3.51. The molecule has 1 aromatic rings. The van der Waals surface area contributed by atoms with Crippen LogP contribution in [0.4, 0.5) is 0 Å². The van der Waals surface area contributed by atoms with Crippen molar-refractivity contribution in [3.8, 4) is 0 Å². The Morgan fingerprint density at radius 1 is 1.44 bits per heavy atom. The van der Waals surface area contributed by atoms with E-state index in [0.717, 1.165) is 32.4 Å². The van der Waals surface area contributed by atoms with E-state index < -0.39 is 0 Å². The van der Waals surface area contributed by atoms with Gasteiger partial charge in [0.15, 0.2) is 0 Å². The van der Waals surface area contributed by atoms with Gasteiger partial charge in [-0.3, -0.25) is 4.79 Å². The zero-order chi connectivity index (χ0) is 13.0. The molecule has 0 radical (unpaired) electrons. The highest BCUT2D eigenvalue weighted by atomic mass is 16.2. The normalized spacial score (nSPS) is 19.9. The first-order valence-electron chi connectivity index (χ1n) is 6.74. The van der Waals surface area contributed by atoms with E-state index in [1.165, 1.54) is 11.1 Å². The predicted molar refractivity (Wildman–Crippen MR) is 73.3 cm³/mol. The smallest absolute Gasteiger partial charge is 0.222 e. The highest BCUT2D eigenvalue weighted by molar-refractivity contribution is 5.76. The maximum absolute atomic E-state index is 12.1. The lowest BCUT2D eigenvalue weighted by Gasteiger charge is -2.30. The van der Waals surface area contributed by atoms with Crippen molar-refractivity contribution in [3.63, 3.8) is 0 Å². The predicted octanol–water partition coefficient (Wildman–Crippen LogP) is 1.88. The Morgan fingerprint density at radius 2 is 2.22 bits per heavy atom. The van der Waals surface area contributed by atoms with Gasteiger partial charge in [0.2, 0.25) is 5.91 Å². The van der Waals surface area contributed by atoms with Crippen molar-refractivity contribution in [2.24, 2.45) is 5.73 Å². The van der Waals surface area contributed by atoms with Crippen LogP contribution in [0, 0.1) is 6.92 Å². The van der Waals surface area contributed by atoms with Gasteiger partial charge in [-0.05, 0) is 37.3 Å². The monoisotopic (exact) mass is 246 g/mol. The second-order valence-electron chi connectivity index (χ2n) is 5.17. The van der Waals surface area contributed by atoms with Gasteiger partial charge in [0.1, 0.15) is 0 Å². The number of nitrogens with zero attached hydrogens (tertiary/aromatic N) is 1. The maximum atomic E-state index is 12.1. The van der Waals surface area contributed by atoms with E-state index in [-0.39, 0.29) is 11.9 Å². The summed E-state index contributed by atoms with van der Waals surface area (Å²) in [4.78, 5) is 14.0. The van der Waals surface area contributed by atoms with E-state index in [4.69, 9.17) is 5.73 Å². The molecule has 98 valence electrons. The molecule has 1 fully saturated rings. The van der Waals surface area contributed by atoms with Gasteiger partial charge in [-0.25, -0.2) is 0 Å². The van der Waals surface area contributed by atoms with E-state index in [1.54, 1.807) is 0 Å². The summed E-state index contributed by atoms with van der Waals surface area (Å²) in [7, 11) is 0. The number of likely N-dealkylation sites (tertiary alicyclic amines) is 1. The molecule has 2 N–H and O–H groups in total. The molecule has 1 atom stereocenters. The Morgan fingerprint density at radius 3 is 2.94 bits per heavy atom. The average Bonchev–Trinajstić information content (AvgIpc) is 2.37. The molecule has 1 heterocycles. The summed E-state index contributed by atoms with van der Waals surface area (Å²) in [6, 6.07) is 8.43. The fourth-order valence-electron chi connectivity index (χ4n) is 2.53. The second-order valence-corrected chi connectivity index (χ2v) is 5.17. The van der Waals surface area contributed by atoms with Crippen LogP contribution in [0.1, 0.15) is 30.4 Å². The van der Waals surface area contributed by atoms with Gasteiger partial charge in [0.25, 0.3) is 0 Å². The Bertz CT molecular complexity index is 417. The molecule has 0 aliphatic carbocycles. The van der Waals surface area contributed by atoms with E-state index in [2.05, 4.69) is 19.1 Å². The van der Waals surface area contributed by atoms with Crippen molar-refractivity contribution >= 4 is 5.91 Å². The number of nitrogens with two attached hydrogens (primary N) is 1. The maximum Gasteiger partial charge on any atom is 0.222 e. The Kier molecular flexibility index (Phi) is 4.37. The number of carbonyl (C=O) groups excluding carboxylic acids is 1. The van der Waals surface area contributed by atoms with Crippen molar-refractivity contribution in [1.29, 1.82) is 0 Å². The van der Waals surface area contributed by atoms with Crippen LogP contribution in [-0.2, 0) is 11.2 Å². The lowest BCUT2D eigenvalue weighted by molar-refractivity contribution is -0.132. The standard InChI is InChI=1S/C15H22N2O/c1-12-5-2-3-6-13(12)8-9-15(18)17-10-4-7-14(16)11-17/h2-3,5-6,14H,4,7-11,16H2,1H3. The van der Waals surface area contributed by atoms with Gasteiger partial charge in [0.05, 0.1) is 0 Å². The molecule has 1 amide bonds.